The molecule has 4 nitrogen and oxygen atoms in total. The number of carbonyl (C=O) groups excluding carboxylic acids is 1. The highest BCUT2D eigenvalue weighted by molar-refractivity contribution is 6.33. The number of urea groups is 1. The van der Waals surface area contributed by atoms with E-state index in [1.54, 1.807) is 18.3 Å². The first-order chi connectivity index (χ1) is 7.27. The minimum atomic E-state index is -0.253. The zero-order valence-corrected chi connectivity index (χ0v) is 8.74. The van der Waals surface area contributed by atoms with E-state index in [0.29, 0.717) is 17.3 Å². The molecule has 5 heteroatoms. The van der Waals surface area contributed by atoms with E-state index in [4.69, 9.17) is 11.6 Å². The lowest BCUT2D eigenvalue weighted by Crippen LogP contribution is -2.28. The average molecular weight is 224 g/mol. The molecule has 0 saturated heterocycles. The van der Waals surface area contributed by atoms with E-state index < -0.39 is 0 Å². The van der Waals surface area contributed by atoms with Crippen LogP contribution in [0.5, 0.6) is 0 Å². The van der Waals surface area contributed by atoms with Crippen molar-refractivity contribution in [3.05, 3.63) is 29.3 Å². The Hall–Kier alpha value is -1.55. The summed E-state index contributed by atoms with van der Waals surface area (Å²) in [4.78, 5) is 11.6. The number of hydrazone groups is 1. The molecule has 1 aliphatic heterocycles. The number of anilines is 1. The van der Waals surface area contributed by atoms with Crippen molar-refractivity contribution in [2.75, 3.05) is 11.9 Å². The molecule has 2 amide bonds. The summed E-state index contributed by atoms with van der Waals surface area (Å²) in [6, 6.07) is 6.85. The van der Waals surface area contributed by atoms with Crippen LogP contribution < -0.4 is 5.32 Å². The Bertz CT molecular complexity index is 405. The van der Waals surface area contributed by atoms with Crippen molar-refractivity contribution in [1.29, 1.82) is 0 Å². The summed E-state index contributed by atoms with van der Waals surface area (Å²) in [7, 11) is 0. The van der Waals surface area contributed by atoms with E-state index in [-0.39, 0.29) is 6.03 Å². The van der Waals surface area contributed by atoms with Crippen molar-refractivity contribution in [2.45, 2.75) is 6.42 Å². The van der Waals surface area contributed by atoms with Crippen molar-refractivity contribution in [2.24, 2.45) is 5.10 Å². The van der Waals surface area contributed by atoms with Gasteiger partial charge in [0.05, 0.1) is 17.3 Å². The van der Waals surface area contributed by atoms with E-state index in [1.165, 1.54) is 5.01 Å². The molecule has 2 rings (SSSR count). The summed E-state index contributed by atoms with van der Waals surface area (Å²) in [6.45, 7) is 0.621. The monoisotopic (exact) mass is 223 g/mol. The molecule has 1 aromatic rings. The molecule has 78 valence electrons. The largest absolute Gasteiger partial charge is 0.342 e. The second-order valence-corrected chi connectivity index (χ2v) is 3.53. The summed E-state index contributed by atoms with van der Waals surface area (Å²) >= 11 is 5.90. The molecule has 1 heterocycles. The number of hydrogen-bond donors (Lipinski definition) is 1. The van der Waals surface area contributed by atoms with Crippen LogP contribution in [0, 0.1) is 0 Å². The molecular weight excluding hydrogens is 214 g/mol. The maximum atomic E-state index is 11.6. The quantitative estimate of drug-likeness (QED) is 0.782. The second-order valence-electron chi connectivity index (χ2n) is 3.12. The number of hydrogen-bond acceptors (Lipinski definition) is 2. The van der Waals surface area contributed by atoms with Gasteiger partial charge in [0.2, 0.25) is 0 Å². The fourth-order valence-corrected chi connectivity index (χ4v) is 1.47. The van der Waals surface area contributed by atoms with Crippen LogP contribution in [-0.2, 0) is 0 Å². The summed E-state index contributed by atoms with van der Waals surface area (Å²) in [5, 5.41) is 8.51. The fraction of sp³-hybridized carbons (Fsp3) is 0.200. The molecule has 15 heavy (non-hydrogen) atoms. The molecule has 0 bridgehead atoms. The minimum Gasteiger partial charge on any atom is -0.305 e. The van der Waals surface area contributed by atoms with Gasteiger partial charge in [-0.05, 0) is 12.1 Å². The van der Waals surface area contributed by atoms with Gasteiger partial charge in [-0.3, -0.25) is 0 Å². The van der Waals surface area contributed by atoms with Crippen LogP contribution >= 0.6 is 11.6 Å². The lowest BCUT2D eigenvalue weighted by atomic mass is 10.3. The smallest absolute Gasteiger partial charge is 0.305 e. The fourth-order valence-electron chi connectivity index (χ4n) is 1.29. The molecule has 0 atom stereocenters. The number of rotatable bonds is 1. The van der Waals surface area contributed by atoms with E-state index in [9.17, 15) is 4.79 Å². The average Bonchev–Trinajstić information content (AvgIpc) is 2.74. The molecular formula is C10H10ClN3O. The van der Waals surface area contributed by atoms with Crippen molar-refractivity contribution in [3.63, 3.8) is 0 Å². The topological polar surface area (TPSA) is 44.7 Å². The lowest BCUT2D eigenvalue weighted by Gasteiger charge is -2.13. The maximum absolute atomic E-state index is 11.6. The van der Waals surface area contributed by atoms with Crippen LogP contribution in [-0.4, -0.2) is 23.8 Å². The molecule has 0 aromatic heterocycles. The van der Waals surface area contributed by atoms with Crippen LogP contribution in [0.15, 0.2) is 29.4 Å². The highest BCUT2D eigenvalue weighted by Crippen LogP contribution is 2.21. The molecule has 0 spiro atoms. The van der Waals surface area contributed by atoms with Gasteiger partial charge in [0.1, 0.15) is 0 Å². The highest BCUT2D eigenvalue weighted by Gasteiger charge is 2.15. The van der Waals surface area contributed by atoms with Crippen LogP contribution in [0.4, 0.5) is 10.5 Å². The Morgan fingerprint density at radius 1 is 1.47 bits per heavy atom. The number of para-hydroxylation sites is 1. The normalized spacial score (nSPS) is 14.3. The number of carbonyl (C=O) groups is 1. The van der Waals surface area contributed by atoms with Gasteiger partial charge in [0.25, 0.3) is 0 Å². The van der Waals surface area contributed by atoms with Crippen LogP contribution in [0.1, 0.15) is 6.42 Å². The highest BCUT2D eigenvalue weighted by atomic mass is 35.5. The van der Waals surface area contributed by atoms with Crippen molar-refractivity contribution in [3.8, 4) is 0 Å². The third kappa shape index (κ3) is 2.27. The second kappa shape index (κ2) is 4.31. The van der Waals surface area contributed by atoms with Crippen molar-refractivity contribution < 1.29 is 4.79 Å². The van der Waals surface area contributed by atoms with Gasteiger partial charge in [-0.1, -0.05) is 23.7 Å². The zero-order valence-electron chi connectivity index (χ0n) is 7.98. The molecule has 0 saturated carbocycles. The number of amides is 2. The Morgan fingerprint density at radius 2 is 2.27 bits per heavy atom. The van der Waals surface area contributed by atoms with Gasteiger partial charge in [0.15, 0.2) is 0 Å². The summed E-state index contributed by atoms with van der Waals surface area (Å²) in [6.07, 6.45) is 2.52. The lowest BCUT2D eigenvalue weighted by molar-refractivity contribution is 0.219. The molecule has 1 N–H and O–H groups in total. The maximum Gasteiger partial charge on any atom is 0.342 e. The van der Waals surface area contributed by atoms with Crippen LogP contribution in [0.3, 0.4) is 0 Å². The van der Waals surface area contributed by atoms with Gasteiger partial charge in [0, 0.05) is 12.6 Å². The molecule has 0 radical (unpaired) electrons. The zero-order chi connectivity index (χ0) is 10.7. The van der Waals surface area contributed by atoms with Crippen LogP contribution in [0.2, 0.25) is 5.02 Å². The number of halogens is 1. The third-order valence-electron chi connectivity index (χ3n) is 2.04. The Balaban J connectivity index is 2.05. The Labute approximate surface area is 92.5 Å². The van der Waals surface area contributed by atoms with E-state index >= 15 is 0 Å². The standard InChI is InChI=1S/C10H10ClN3O/c11-8-4-1-2-5-9(8)13-10(15)14-7-3-6-12-14/h1-2,4-6H,3,7H2,(H,13,15). The van der Waals surface area contributed by atoms with E-state index in [0.717, 1.165) is 6.42 Å². The van der Waals surface area contributed by atoms with Crippen molar-refractivity contribution >= 4 is 29.5 Å². The van der Waals surface area contributed by atoms with Crippen molar-refractivity contribution in [1.82, 2.24) is 5.01 Å². The van der Waals surface area contributed by atoms with Crippen LogP contribution in [0.25, 0.3) is 0 Å². The first kappa shape index (κ1) is 9.98. The van der Waals surface area contributed by atoms with E-state index in [2.05, 4.69) is 10.4 Å². The van der Waals surface area contributed by atoms with Gasteiger partial charge < -0.3 is 5.32 Å². The predicted molar refractivity (Wildman–Crippen MR) is 60.3 cm³/mol. The number of nitrogens with one attached hydrogen (secondary N) is 1. The van der Waals surface area contributed by atoms with Gasteiger partial charge in [-0.15, -0.1) is 0 Å². The predicted octanol–water partition coefficient (Wildman–Crippen LogP) is 2.56. The molecule has 1 aromatic carbocycles. The molecule has 0 fully saturated rings. The minimum absolute atomic E-state index is 0.253. The summed E-state index contributed by atoms with van der Waals surface area (Å²) in [5.41, 5.74) is 0.603. The first-order valence-electron chi connectivity index (χ1n) is 4.63. The summed E-state index contributed by atoms with van der Waals surface area (Å²) < 4.78 is 0. The van der Waals surface area contributed by atoms with E-state index in [1.807, 2.05) is 12.1 Å². The number of nitrogens with zero attached hydrogens (tertiary/aromatic N) is 2. The van der Waals surface area contributed by atoms with Gasteiger partial charge >= 0.3 is 6.03 Å². The van der Waals surface area contributed by atoms with Gasteiger partial charge in [-0.2, -0.15) is 5.10 Å². The number of benzene rings is 1. The molecule has 1 aliphatic rings. The van der Waals surface area contributed by atoms with Gasteiger partial charge in [-0.25, -0.2) is 9.80 Å². The Morgan fingerprint density at radius 3 is 2.93 bits per heavy atom. The SMILES string of the molecule is O=C(Nc1ccccc1Cl)N1CCC=N1. The molecule has 0 unspecified atom stereocenters. The Kier molecular flexibility index (Phi) is 2.87. The summed E-state index contributed by atoms with van der Waals surface area (Å²) in [5.74, 6) is 0. The third-order valence-corrected chi connectivity index (χ3v) is 2.37. The molecule has 0 aliphatic carbocycles. The first-order valence-corrected chi connectivity index (χ1v) is 5.00.